The molecule has 1 saturated heterocycles. The average Bonchev–Trinajstić information content (AvgIpc) is 2.40. The molecule has 0 aliphatic carbocycles. The summed E-state index contributed by atoms with van der Waals surface area (Å²) in [5.41, 5.74) is 1.21. The molecule has 0 bridgehead atoms. The Kier molecular flexibility index (Phi) is 5.01. The Balaban J connectivity index is 1.73. The molecule has 2 rings (SSSR count). The maximum Gasteiger partial charge on any atom is 0.317 e. The molecule has 98 valence electrons. The molecule has 1 fully saturated rings. The van der Waals surface area contributed by atoms with Gasteiger partial charge < -0.3 is 15.0 Å². The highest BCUT2D eigenvalue weighted by Crippen LogP contribution is 2.11. The average molecular weight is 313 g/mol. The van der Waals surface area contributed by atoms with Crippen molar-refractivity contribution < 1.29 is 9.53 Å². The zero-order valence-corrected chi connectivity index (χ0v) is 11.8. The number of benzene rings is 1. The van der Waals surface area contributed by atoms with E-state index in [4.69, 9.17) is 4.74 Å². The molecule has 0 spiro atoms. The van der Waals surface area contributed by atoms with E-state index in [-0.39, 0.29) is 6.03 Å². The van der Waals surface area contributed by atoms with Crippen molar-refractivity contribution in [1.29, 1.82) is 0 Å². The number of hydrogen-bond donors (Lipinski definition) is 1. The van der Waals surface area contributed by atoms with Crippen LogP contribution in [0.5, 0.6) is 0 Å². The van der Waals surface area contributed by atoms with E-state index in [0.29, 0.717) is 32.8 Å². The highest BCUT2D eigenvalue weighted by molar-refractivity contribution is 9.10. The molecular formula is C13H17BrN2O2. The number of morpholine rings is 1. The number of amides is 2. The maximum atomic E-state index is 11.8. The standard InChI is InChI=1S/C13H17BrN2O2/c14-12-3-1-2-11(10-12)4-5-15-13(17)16-6-8-18-9-7-16/h1-3,10H,4-9H2,(H,15,17). The molecule has 1 aromatic carbocycles. The van der Waals surface area contributed by atoms with Crippen LogP contribution in [0.3, 0.4) is 0 Å². The van der Waals surface area contributed by atoms with Crippen molar-refractivity contribution in [3.8, 4) is 0 Å². The van der Waals surface area contributed by atoms with Gasteiger partial charge in [0.1, 0.15) is 0 Å². The largest absolute Gasteiger partial charge is 0.378 e. The van der Waals surface area contributed by atoms with Crippen LogP contribution in [-0.4, -0.2) is 43.8 Å². The lowest BCUT2D eigenvalue weighted by Gasteiger charge is -2.26. The van der Waals surface area contributed by atoms with Crippen molar-refractivity contribution in [2.75, 3.05) is 32.8 Å². The van der Waals surface area contributed by atoms with Crippen LogP contribution in [0.2, 0.25) is 0 Å². The number of urea groups is 1. The fourth-order valence-corrected chi connectivity index (χ4v) is 2.33. The van der Waals surface area contributed by atoms with Crippen LogP contribution in [0.25, 0.3) is 0 Å². The number of halogens is 1. The lowest BCUT2D eigenvalue weighted by molar-refractivity contribution is 0.0533. The van der Waals surface area contributed by atoms with E-state index in [9.17, 15) is 4.79 Å². The normalized spacial score (nSPS) is 15.5. The number of nitrogens with zero attached hydrogens (tertiary/aromatic N) is 1. The molecule has 0 aromatic heterocycles. The Hall–Kier alpha value is -1.07. The summed E-state index contributed by atoms with van der Waals surface area (Å²) in [5, 5.41) is 2.94. The minimum absolute atomic E-state index is 0.00768. The first-order chi connectivity index (χ1) is 8.75. The fourth-order valence-electron chi connectivity index (χ4n) is 1.88. The van der Waals surface area contributed by atoms with Gasteiger partial charge in [0.05, 0.1) is 13.2 Å². The van der Waals surface area contributed by atoms with Gasteiger partial charge in [-0.25, -0.2) is 4.79 Å². The summed E-state index contributed by atoms with van der Waals surface area (Å²) in [5.74, 6) is 0. The Morgan fingerprint density at radius 2 is 2.17 bits per heavy atom. The number of nitrogens with one attached hydrogen (secondary N) is 1. The summed E-state index contributed by atoms with van der Waals surface area (Å²) in [6.45, 7) is 3.30. The number of ether oxygens (including phenoxy) is 1. The number of carbonyl (C=O) groups excluding carboxylic acids is 1. The van der Waals surface area contributed by atoms with E-state index >= 15 is 0 Å². The maximum absolute atomic E-state index is 11.8. The van der Waals surface area contributed by atoms with E-state index in [1.165, 1.54) is 5.56 Å². The zero-order chi connectivity index (χ0) is 12.8. The van der Waals surface area contributed by atoms with Gasteiger partial charge in [-0.15, -0.1) is 0 Å². The van der Waals surface area contributed by atoms with Gasteiger partial charge in [0.15, 0.2) is 0 Å². The molecule has 0 saturated carbocycles. The molecule has 4 nitrogen and oxygen atoms in total. The predicted molar refractivity (Wildman–Crippen MR) is 73.6 cm³/mol. The Morgan fingerprint density at radius 1 is 1.39 bits per heavy atom. The quantitative estimate of drug-likeness (QED) is 0.928. The van der Waals surface area contributed by atoms with Crippen LogP contribution >= 0.6 is 15.9 Å². The molecule has 5 heteroatoms. The molecule has 1 aliphatic heterocycles. The van der Waals surface area contributed by atoms with Crippen molar-refractivity contribution >= 4 is 22.0 Å². The first kappa shape index (κ1) is 13.4. The first-order valence-corrected chi connectivity index (χ1v) is 6.90. The second-order valence-electron chi connectivity index (χ2n) is 4.21. The molecule has 2 amide bonds. The van der Waals surface area contributed by atoms with Crippen molar-refractivity contribution in [2.45, 2.75) is 6.42 Å². The molecule has 0 unspecified atom stereocenters. The van der Waals surface area contributed by atoms with E-state index in [2.05, 4.69) is 33.4 Å². The number of carbonyl (C=O) groups is 1. The van der Waals surface area contributed by atoms with E-state index in [0.717, 1.165) is 10.9 Å². The summed E-state index contributed by atoms with van der Waals surface area (Å²) in [6.07, 6.45) is 0.843. The van der Waals surface area contributed by atoms with E-state index in [1.54, 1.807) is 4.90 Å². The van der Waals surface area contributed by atoms with Crippen LogP contribution in [0.1, 0.15) is 5.56 Å². The predicted octanol–water partition coefficient (Wildman–Crippen LogP) is 2.03. The van der Waals surface area contributed by atoms with Crippen molar-refractivity contribution in [3.63, 3.8) is 0 Å². The van der Waals surface area contributed by atoms with Crippen LogP contribution in [0.15, 0.2) is 28.7 Å². The van der Waals surface area contributed by atoms with Gasteiger partial charge in [-0.3, -0.25) is 0 Å². The topological polar surface area (TPSA) is 41.6 Å². The Morgan fingerprint density at radius 3 is 2.89 bits per heavy atom. The van der Waals surface area contributed by atoms with Crippen molar-refractivity contribution in [3.05, 3.63) is 34.3 Å². The Bertz CT molecular complexity index is 406. The minimum Gasteiger partial charge on any atom is -0.378 e. The van der Waals surface area contributed by atoms with Crippen molar-refractivity contribution in [1.82, 2.24) is 10.2 Å². The highest BCUT2D eigenvalue weighted by atomic mass is 79.9. The first-order valence-electron chi connectivity index (χ1n) is 6.10. The third-order valence-corrected chi connectivity index (χ3v) is 3.37. The van der Waals surface area contributed by atoms with Crippen LogP contribution in [0.4, 0.5) is 4.79 Å². The van der Waals surface area contributed by atoms with E-state index in [1.807, 2.05) is 12.1 Å². The second kappa shape index (κ2) is 6.75. The van der Waals surface area contributed by atoms with Gasteiger partial charge in [-0.05, 0) is 24.1 Å². The third kappa shape index (κ3) is 3.99. The third-order valence-electron chi connectivity index (χ3n) is 2.88. The van der Waals surface area contributed by atoms with Gasteiger partial charge in [-0.1, -0.05) is 28.1 Å². The summed E-state index contributed by atoms with van der Waals surface area (Å²) < 4.78 is 6.28. The summed E-state index contributed by atoms with van der Waals surface area (Å²) >= 11 is 3.44. The monoisotopic (exact) mass is 312 g/mol. The van der Waals surface area contributed by atoms with Crippen LogP contribution < -0.4 is 5.32 Å². The molecule has 0 atom stereocenters. The molecule has 1 aliphatic rings. The SMILES string of the molecule is O=C(NCCc1cccc(Br)c1)N1CCOCC1. The number of hydrogen-bond acceptors (Lipinski definition) is 2. The summed E-state index contributed by atoms with van der Waals surface area (Å²) in [4.78, 5) is 13.6. The Labute approximate surface area is 115 Å². The van der Waals surface area contributed by atoms with Gasteiger partial charge in [-0.2, -0.15) is 0 Å². The molecule has 1 N–H and O–H groups in total. The van der Waals surface area contributed by atoms with Gasteiger partial charge in [0, 0.05) is 24.1 Å². The number of rotatable bonds is 3. The second-order valence-corrected chi connectivity index (χ2v) is 5.13. The van der Waals surface area contributed by atoms with Crippen molar-refractivity contribution in [2.24, 2.45) is 0 Å². The van der Waals surface area contributed by atoms with Gasteiger partial charge >= 0.3 is 6.03 Å². The van der Waals surface area contributed by atoms with Gasteiger partial charge in [0.25, 0.3) is 0 Å². The fraction of sp³-hybridized carbons (Fsp3) is 0.462. The summed E-state index contributed by atoms with van der Waals surface area (Å²) in [7, 11) is 0. The minimum atomic E-state index is 0.00768. The molecule has 0 radical (unpaired) electrons. The molecule has 1 heterocycles. The highest BCUT2D eigenvalue weighted by Gasteiger charge is 2.15. The lowest BCUT2D eigenvalue weighted by atomic mass is 10.1. The van der Waals surface area contributed by atoms with Crippen LogP contribution in [0, 0.1) is 0 Å². The van der Waals surface area contributed by atoms with Gasteiger partial charge in [0.2, 0.25) is 0 Å². The zero-order valence-electron chi connectivity index (χ0n) is 10.2. The van der Waals surface area contributed by atoms with Crippen LogP contribution in [-0.2, 0) is 11.2 Å². The van der Waals surface area contributed by atoms with E-state index < -0.39 is 0 Å². The molecule has 1 aromatic rings. The molecular weight excluding hydrogens is 296 g/mol. The smallest absolute Gasteiger partial charge is 0.317 e. The molecule has 18 heavy (non-hydrogen) atoms. The summed E-state index contributed by atoms with van der Waals surface area (Å²) in [6, 6.07) is 8.14. The lowest BCUT2D eigenvalue weighted by Crippen LogP contribution is -2.46.